The number of rotatable bonds is 37. The van der Waals surface area contributed by atoms with E-state index in [1.165, 1.54) is 24.3 Å². The number of aromatic nitrogens is 3. The van der Waals surface area contributed by atoms with Crippen LogP contribution in [0.5, 0.6) is 0 Å². The predicted octanol–water partition coefficient (Wildman–Crippen LogP) is -2.36. The number of likely N-dealkylation sites (tertiary alicyclic amines) is 1. The van der Waals surface area contributed by atoms with Crippen LogP contribution < -0.4 is 59.3 Å². The first-order chi connectivity index (χ1) is 44.1. The molecule has 0 unspecified atom stereocenters. The number of carbonyl (C=O) groups excluding carboxylic acids is 11. The number of benzene rings is 2. The van der Waals surface area contributed by atoms with E-state index in [-0.39, 0.29) is 56.7 Å². The Bertz CT molecular complexity index is 3330. The van der Waals surface area contributed by atoms with Gasteiger partial charge in [-0.3, -0.25) is 62.3 Å². The molecule has 0 radical (unpaired) electrons. The molecule has 1 aliphatic heterocycles. The van der Waals surface area contributed by atoms with Gasteiger partial charge < -0.3 is 89.5 Å². The van der Waals surface area contributed by atoms with Crippen LogP contribution in [0.2, 0.25) is 0 Å². The van der Waals surface area contributed by atoms with E-state index in [0.717, 1.165) is 5.39 Å². The van der Waals surface area contributed by atoms with Crippen molar-refractivity contribution in [1.82, 2.24) is 67.7 Å². The van der Waals surface area contributed by atoms with E-state index < -0.39 is 181 Å². The summed E-state index contributed by atoms with van der Waals surface area (Å²) in [4.78, 5) is 198. The highest BCUT2D eigenvalue weighted by Gasteiger charge is 2.41. The molecule has 11 amide bonds. The third-order valence-electron chi connectivity index (χ3n) is 15.9. The summed E-state index contributed by atoms with van der Waals surface area (Å²) >= 11 is 0. The van der Waals surface area contributed by atoms with Crippen LogP contribution in [-0.4, -0.2) is 192 Å². The summed E-state index contributed by atoms with van der Waals surface area (Å²) in [5.41, 5.74) is 13.8. The first kappa shape index (κ1) is 73.5. The number of nitrogens with two attached hydrogens (primary N) is 2. The third-order valence-corrected chi connectivity index (χ3v) is 15.9. The molecule has 0 aliphatic carbocycles. The fourth-order valence-corrected chi connectivity index (χ4v) is 10.2. The van der Waals surface area contributed by atoms with E-state index in [1.807, 2.05) is 13.0 Å². The van der Waals surface area contributed by atoms with E-state index in [9.17, 15) is 72.5 Å². The van der Waals surface area contributed by atoms with Crippen LogP contribution in [0, 0.1) is 11.8 Å². The summed E-state index contributed by atoms with van der Waals surface area (Å²) in [6.07, 6.45) is 1.89. The molecule has 1 aliphatic rings. The lowest BCUT2D eigenvalue weighted by atomic mass is 9.97. The van der Waals surface area contributed by atoms with Gasteiger partial charge in [0.15, 0.2) is 0 Å². The summed E-state index contributed by atoms with van der Waals surface area (Å²) < 4.78 is 0. The zero-order valence-electron chi connectivity index (χ0n) is 52.2. The number of aromatic amines is 2. The highest BCUT2D eigenvalue weighted by molar-refractivity contribution is 6.00. The third kappa shape index (κ3) is 22.3. The number of para-hydroxylation sites is 1. The van der Waals surface area contributed by atoms with Crippen LogP contribution in [0.4, 0.5) is 0 Å². The fraction of sp³-hybridized carbons (Fsp3) is 0.492. The monoisotopic (exact) mass is 1300 g/mol. The van der Waals surface area contributed by atoms with Crippen LogP contribution in [0.25, 0.3) is 10.9 Å². The number of H-pyrrole nitrogens is 2. The maximum absolute atomic E-state index is 15.0. The molecule has 2 aromatic heterocycles. The van der Waals surface area contributed by atoms with Gasteiger partial charge >= 0.3 is 17.9 Å². The lowest BCUT2D eigenvalue weighted by Crippen LogP contribution is -2.60. The summed E-state index contributed by atoms with van der Waals surface area (Å²) in [5.74, 6) is -15.9. The Morgan fingerprint density at radius 1 is 0.624 bits per heavy atom. The molecule has 2 aromatic carbocycles. The zero-order chi connectivity index (χ0) is 68.6. The van der Waals surface area contributed by atoms with Crippen LogP contribution in [-0.2, 0) is 86.4 Å². The van der Waals surface area contributed by atoms with Crippen LogP contribution >= 0.6 is 0 Å². The van der Waals surface area contributed by atoms with Crippen molar-refractivity contribution in [1.29, 1.82) is 0 Å². The van der Waals surface area contributed by atoms with E-state index in [0.29, 0.717) is 23.1 Å². The maximum Gasteiger partial charge on any atom is 0.326 e. The largest absolute Gasteiger partial charge is 0.481 e. The van der Waals surface area contributed by atoms with Crippen LogP contribution in [0.3, 0.4) is 0 Å². The van der Waals surface area contributed by atoms with E-state index >= 15 is 4.79 Å². The highest BCUT2D eigenvalue weighted by atomic mass is 16.4. The van der Waals surface area contributed by atoms with Gasteiger partial charge in [0.25, 0.3) is 0 Å². The molecule has 3 heterocycles. The first-order valence-electron chi connectivity index (χ1n) is 30.4. The summed E-state index contributed by atoms with van der Waals surface area (Å²) in [5, 5.41) is 51.2. The molecular formula is C61H83N15O17. The number of nitrogens with one attached hydrogen (secondary N) is 11. The molecule has 93 heavy (non-hydrogen) atoms. The van der Waals surface area contributed by atoms with Gasteiger partial charge in [0.05, 0.1) is 37.4 Å². The van der Waals surface area contributed by atoms with Crippen LogP contribution in [0.15, 0.2) is 73.3 Å². The van der Waals surface area contributed by atoms with Crippen molar-refractivity contribution in [3.8, 4) is 0 Å². The molecule has 18 N–H and O–H groups in total. The zero-order valence-corrected chi connectivity index (χ0v) is 52.2. The average Bonchev–Trinajstić information content (AvgIpc) is 1.74. The van der Waals surface area contributed by atoms with Crippen molar-refractivity contribution < 1.29 is 82.4 Å². The Morgan fingerprint density at radius 2 is 1.23 bits per heavy atom. The lowest BCUT2D eigenvalue weighted by Gasteiger charge is -2.31. The molecule has 0 saturated carbocycles. The topological polar surface area (TPSA) is 508 Å². The number of hydrogen-bond donors (Lipinski definition) is 16. The average molecular weight is 1300 g/mol. The Morgan fingerprint density at radius 3 is 1.85 bits per heavy atom. The molecule has 0 spiro atoms. The van der Waals surface area contributed by atoms with Crippen molar-refractivity contribution in [2.45, 2.75) is 166 Å². The van der Waals surface area contributed by atoms with Gasteiger partial charge in [-0.15, -0.1) is 0 Å². The Hall–Kier alpha value is -10.3. The minimum Gasteiger partial charge on any atom is -0.481 e. The minimum absolute atomic E-state index is 0.00673. The summed E-state index contributed by atoms with van der Waals surface area (Å²) in [7, 11) is 0. The van der Waals surface area contributed by atoms with Gasteiger partial charge in [-0.05, 0) is 55.2 Å². The van der Waals surface area contributed by atoms with Gasteiger partial charge in [-0.25, -0.2) is 9.78 Å². The number of aliphatic carboxylic acids is 3. The molecule has 0 bridgehead atoms. The van der Waals surface area contributed by atoms with Crippen molar-refractivity contribution in [2.75, 3.05) is 13.1 Å². The molecule has 5 rings (SSSR count). The van der Waals surface area contributed by atoms with Gasteiger partial charge in [-0.2, -0.15) is 0 Å². The lowest BCUT2D eigenvalue weighted by molar-refractivity contribution is -0.144. The van der Waals surface area contributed by atoms with Gasteiger partial charge in [0.2, 0.25) is 65.0 Å². The SMILES string of the molecule is CC[C@H](C)[C@H](N)C(=O)N[C@@H](Cc1ccccc1)C(=O)N[C@@H](C)C(=O)N[C@@H](Cc1c[nH]c2ccccc12)C(=O)N1CCC[C@H]1C(=O)N[C@@H](Cc1c[nH]cn1)C(=O)N[C@@H](CC(=O)O)C(=O)N[C@@H](CC(N)=O)C(=O)NCC(=O)N[C@H](C(=O)N[C@@H](CCC(=O)O)C(=O)O)[C@@H](C)CC. The summed E-state index contributed by atoms with van der Waals surface area (Å²) in [6.45, 7) is 7.35. The number of carbonyl (C=O) groups is 14. The predicted molar refractivity (Wildman–Crippen MR) is 331 cm³/mol. The Labute approximate surface area is 534 Å². The smallest absolute Gasteiger partial charge is 0.326 e. The molecule has 1 fully saturated rings. The normalized spacial score (nSPS) is 16.3. The number of fused-ring (bicyclic) bond motifs is 1. The Balaban J connectivity index is 1.33. The van der Waals surface area contributed by atoms with Crippen LogP contribution in [0.1, 0.15) is 103 Å². The second-order valence-corrected chi connectivity index (χ2v) is 22.9. The molecule has 4 aromatic rings. The standard InChI is InChI=1S/C61H83N15O17/c1-6-31(3)50(63)58(89)73-40(22-34-14-9-8-10-15-34)54(85)68-33(5)52(83)74-44(23-35-27-65-38-17-12-11-16-37(35)38)60(91)76-21-13-18-45(76)57(88)72-41(24-36-28-64-30-67-36)55(86)71-43(26-49(81)82)56(87)70-42(25-46(62)77)53(84)66-29-47(78)75-51(32(4)7-2)59(90)69-39(61(92)93)19-20-48(79)80/h8-12,14-17,27-28,30-33,39-45,50-51,65H,6-7,13,18-26,29,63H2,1-5H3,(H2,62,77)(H,64,67)(H,66,84)(H,68,85)(H,69,90)(H,70,87)(H,71,86)(H,72,88)(H,73,89)(H,74,83)(H,75,78)(H,79,80)(H,81,82)(H,92,93)/t31-,32-,33-,39-,40-,41-,42-,43-,44-,45-,50-,51-/m0/s1. The van der Waals surface area contributed by atoms with Gasteiger partial charge in [-0.1, -0.05) is 89.1 Å². The van der Waals surface area contributed by atoms with Crippen molar-refractivity contribution in [3.63, 3.8) is 0 Å². The molecular weight excluding hydrogens is 1210 g/mol. The Kier molecular flexibility index (Phi) is 27.9. The van der Waals surface area contributed by atoms with Gasteiger partial charge in [0, 0.05) is 55.5 Å². The van der Waals surface area contributed by atoms with Crippen molar-refractivity contribution in [3.05, 3.63) is 90.1 Å². The number of primary amides is 1. The van der Waals surface area contributed by atoms with Gasteiger partial charge in [0.1, 0.15) is 54.4 Å². The molecule has 12 atom stereocenters. The molecule has 32 heteroatoms. The number of imidazole rings is 1. The van der Waals surface area contributed by atoms with E-state index in [2.05, 4.69) is 62.8 Å². The highest BCUT2D eigenvalue weighted by Crippen LogP contribution is 2.24. The van der Waals surface area contributed by atoms with Crippen molar-refractivity contribution in [2.24, 2.45) is 23.3 Å². The number of nitrogens with zero attached hydrogens (tertiary/aromatic N) is 2. The number of hydrogen-bond acceptors (Lipinski definition) is 16. The molecule has 32 nitrogen and oxygen atoms in total. The minimum atomic E-state index is -2.04. The fourth-order valence-electron chi connectivity index (χ4n) is 10.2. The number of carboxylic acids is 3. The first-order valence-corrected chi connectivity index (χ1v) is 30.4. The second-order valence-electron chi connectivity index (χ2n) is 22.9. The number of amides is 11. The number of carboxylic acid groups (broad SMARTS) is 3. The quantitative estimate of drug-likeness (QED) is 0.0225. The summed E-state index contributed by atoms with van der Waals surface area (Å²) in [6, 6.07) is 1.34. The van der Waals surface area contributed by atoms with E-state index in [4.69, 9.17) is 16.6 Å². The maximum atomic E-state index is 15.0. The van der Waals surface area contributed by atoms with Crippen molar-refractivity contribution >= 4 is 93.8 Å². The molecule has 1 saturated heterocycles. The second kappa shape index (κ2) is 35.4. The molecule has 504 valence electrons. The van der Waals surface area contributed by atoms with E-state index in [1.54, 1.807) is 75.5 Å².